The lowest BCUT2D eigenvalue weighted by Gasteiger charge is -2.25. The van der Waals surface area contributed by atoms with Gasteiger partial charge in [-0.25, -0.2) is 4.98 Å². The summed E-state index contributed by atoms with van der Waals surface area (Å²) in [4.78, 5) is 7.12. The van der Waals surface area contributed by atoms with Crippen LogP contribution in [0.4, 0.5) is 0 Å². The Morgan fingerprint density at radius 1 is 1.38 bits per heavy atom. The monoisotopic (exact) mass is 240 g/mol. The molecule has 0 amide bonds. The molecule has 0 aliphatic carbocycles. The molecule has 0 unspecified atom stereocenters. The molecule has 1 fully saturated rings. The Hall–Kier alpha value is -0.450. The molecule has 16 heavy (non-hydrogen) atoms. The van der Waals surface area contributed by atoms with Gasteiger partial charge in [0.1, 0.15) is 5.01 Å². The first-order valence-corrected chi connectivity index (χ1v) is 6.68. The van der Waals surface area contributed by atoms with Crippen molar-refractivity contribution >= 4 is 11.3 Å². The smallest absolute Gasteiger partial charge is 0.107 e. The predicted molar refractivity (Wildman–Crippen MR) is 66.9 cm³/mol. The van der Waals surface area contributed by atoms with Gasteiger partial charge in [0.2, 0.25) is 0 Å². The van der Waals surface area contributed by atoms with E-state index < -0.39 is 0 Å². The average Bonchev–Trinajstić information content (AvgIpc) is 2.67. The van der Waals surface area contributed by atoms with Crippen LogP contribution in [0.1, 0.15) is 31.5 Å². The molecule has 0 spiro atoms. The third-order valence-electron chi connectivity index (χ3n) is 2.78. The highest BCUT2D eigenvalue weighted by molar-refractivity contribution is 7.09. The fraction of sp³-hybridized carbons (Fsp3) is 0.750. The Morgan fingerprint density at radius 3 is 2.62 bits per heavy atom. The van der Waals surface area contributed by atoms with Crippen molar-refractivity contribution in [1.29, 1.82) is 0 Å². The predicted octanol–water partition coefficient (Wildman–Crippen LogP) is 2.27. The van der Waals surface area contributed by atoms with E-state index in [0.717, 1.165) is 32.8 Å². The van der Waals surface area contributed by atoms with Gasteiger partial charge in [0.05, 0.1) is 25.5 Å². The summed E-state index contributed by atoms with van der Waals surface area (Å²) in [5, 5.41) is 3.42. The van der Waals surface area contributed by atoms with Crippen LogP contribution in [-0.2, 0) is 16.7 Å². The van der Waals surface area contributed by atoms with Gasteiger partial charge < -0.3 is 4.74 Å². The minimum absolute atomic E-state index is 0.166. The van der Waals surface area contributed by atoms with Crippen molar-refractivity contribution in [3.8, 4) is 0 Å². The van der Waals surface area contributed by atoms with Gasteiger partial charge >= 0.3 is 0 Å². The average molecular weight is 240 g/mol. The molecule has 2 heterocycles. The van der Waals surface area contributed by atoms with Crippen LogP contribution in [0, 0.1) is 0 Å². The SMILES string of the molecule is CC(C)(C)c1csc(CN2CCOCC2)n1. The van der Waals surface area contributed by atoms with Crippen LogP contribution in [0.2, 0.25) is 0 Å². The summed E-state index contributed by atoms with van der Waals surface area (Å²) in [6.45, 7) is 11.4. The molecule has 0 aromatic carbocycles. The van der Waals surface area contributed by atoms with Crippen LogP contribution in [0.3, 0.4) is 0 Å². The molecule has 1 aromatic rings. The van der Waals surface area contributed by atoms with Gasteiger partial charge in [-0.2, -0.15) is 0 Å². The van der Waals surface area contributed by atoms with Crippen molar-refractivity contribution in [2.24, 2.45) is 0 Å². The van der Waals surface area contributed by atoms with E-state index in [-0.39, 0.29) is 5.41 Å². The van der Waals surface area contributed by atoms with E-state index in [1.54, 1.807) is 11.3 Å². The molecule has 1 aliphatic heterocycles. The van der Waals surface area contributed by atoms with E-state index in [9.17, 15) is 0 Å². The lowest BCUT2D eigenvalue weighted by Crippen LogP contribution is -2.35. The standard InChI is InChI=1S/C12H20N2OS/c1-12(2,3)10-9-16-11(13-10)8-14-4-6-15-7-5-14/h9H,4-8H2,1-3H3. The molecule has 0 saturated carbocycles. The van der Waals surface area contributed by atoms with E-state index in [1.807, 2.05) is 0 Å². The lowest BCUT2D eigenvalue weighted by atomic mass is 9.93. The summed E-state index contributed by atoms with van der Waals surface area (Å²) in [7, 11) is 0. The summed E-state index contributed by atoms with van der Waals surface area (Å²) in [5.41, 5.74) is 1.38. The molecule has 0 N–H and O–H groups in total. The van der Waals surface area contributed by atoms with E-state index in [2.05, 4.69) is 31.1 Å². The minimum atomic E-state index is 0.166. The first-order valence-electron chi connectivity index (χ1n) is 5.81. The zero-order valence-corrected chi connectivity index (χ0v) is 11.1. The first kappa shape index (κ1) is 12.0. The molecule has 90 valence electrons. The first-order chi connectivity index (χ1) is 7.55. The van der Waals surface area contributed by atoms with Crippen molar-refractivity contribution in [2.45, 2.75) is 32.7 Å². The molecule has 2 rings (SSSR count). The van der Waals surface area contributed by atoms with Crippen molar-refractivity contribution in [2.75, 3.05) is 26.3 Å². The second-order valence-corrected chi connectivity index (χ2v) is 6.21. The molecule has 1 aromatic heterocycles. The molecule has 1 aliphatic rings. The van der Waals surface area contributed by atoms with Crippen molar-refractivity contribution < 1.29 is 4.74 Å². The van der Waals surface area contributed by atoms with E-state index in [0.29, 0.717) is 0 Å². The van der Waals surface area contributed by atoms with Crippen molar-refractivity contribution in [3.05, 3.63) is 16.1 Å². The fourth-order valence-electron chi connectivity index (χ4n) is 1.68. The number of morpholine rings is 1. The van der Waals surface area contributed by atoms with Gasteiger partial charge in [-0.1, -0.05) is 20.8 Å². The second-order valence-electron chi connectivity index (χ2n) is 5.27. The van der Waals surface area contributed by atoms with Crippen LogP contribution < -0.4 is 0 Å². The van der Waals surface area contributed by atoms with E-state index in [1.165, 1.54) is 10.7 Å². The summed E-state index contributed by atoms with van der Waals surface area (Å²) >= 11 is 1.78. The van der Waals surface area contributed by atoms with Crippen LogP contribution >= 0.6 is 11.3 Å². The van der Waals surface area contributed by atoms with Gasteiger partial charge in [-0.05, 0) is 0 Å². The maximum absolute atomic E-state index is 5.34. The molecule has 0 atom stereocenters. The number of rotatable bonds is 2. The van der Waals surface area contributed by atoms with E-state index >= 15 is 0 Å². The number of hydrogen-bond acceptors (Lipinski definition) is 4. The van der Waals surface area contributed by atoms with Crippen LogP contribution in [0.5, 0.6) is 0 Å². The largest absolute Gasteiger partial charge is 0.379 e. The highest BCUT2D eigenvalue weighted by atomic mass is 32.1. The highest BCUT2D eigenvalue weighted by Crippen LogP contribution is 2.24. The quantitative estimate of drug-likeness (QED) is 0.793. The Balaban J connectivity index is 1.97. The Bertz CT molecular complexity index is 337. The van der Waals surface area contributed by atoms with Gasteiger partial charge in [0.15, 0.2) is 0 Å². The third-order valence-corrected chi connectivity index (χ3v) is 3.62. The third kappa shape index (κ3) is 3.03. The Morgan fingerprint density at radius 2 is 2.06 bits per heavy atom. The Kier molecular flexibility index (Phi) is 3.62. The zero-order valence-electron chi connectivity index (χ0n) is 10.3. The van der Waals surface area contributed by atoms with Crippen LogP contribution in [0.15, 0.2) is 5.38 Å². The molecule has 0 radical (unpaired) electrons. The van der Waals surface area contributed by atoms with Gasteiger partial charge in [0, 0.05) is 23.9 Å². The number of hydrogen-bond donors (Lipinski definition) is 0. The summed E-state index contributed by atoms with van der Waals surface area (Å²) < 4.78 is 5.34. The molecule has 3 nitrogen and oxygen atoms in total. The maximum Gasteiger partial charge on any atom is 0.107 e. The second kappa shape index (κ2) is 4.82. The number of aromatic nitrogens is 1. The topological polar surface area (TPSA) is 25.4 Å². The van der Waals surface area contributed by atoms with Gasteiger partial charge in [-0.15, -0.1) is 11.3 Å². The van der Waals surface area contributed by atoms with Gasteiger partial charge in [0.25, 0.3) is 0 Å². The number of thiazole rings is 1. The summed E-state index contributed by atoms with van der Waals surface area (Å²) in [5.74, 6) is 0. The Labute approximate surface area is 101 Å². The van der Waals surface area contributed by atoms with Crippen LogP contribution in [-0.4, -0.2) is 36.2 Å². The fourth-order valence-corrected chi connectivity index (χ4v) is 2.74. The summed E-state index contributed by atoms with van der Waals surface area (Å²) in [6.07, 6.45) is 0. The van der Waals surface area contributed by atoms with Gasteiger partial charge in [-0.3, -0.25) is 4.90 Å². The molecule has 0 bridgehead atoms. The number of ether oxygens (including phenoxy) is 1. The number of nitrogens with zero attached hydrogens (tertiary/aromatic N) is 2. The molecule has 1 saturated heterocycles. The normalized spacial score (nSPS) is 18.9. The molecular formula is C12H20N2OS. The highest BCUT2D eigenvalue weighted by Gasteiger charge is 2.18. The molecular weight excluding hydrogens is 220 g/mol. The lowest BCUT2D eigenvalue weighted by molar-refractivity contribution is 0.0341. The summed E-state index contributed by atoms with van der Waals surface area (Å²) in [6, 6.07) is 0. The van der Waals surface area contributed by atoms with Crippen molar-refractivity contribution in [3.63, 3.8) is 0 Å². The maximum atomic E-state index is 5.34. The molecule has 4 heteroatoms. The van der Waals surface area contributed by atoms with E-state index in [4.69, 9.17) is 9.72 Å². The minimum Gasteiger partial charge on any atom is -0.379 e. The zero-order chi connectivity index (χ0) is 11.6. The van der Waals surface area contributed by atoms with Crippen LogP contribution in [0.25, 0.3) is 0 Å². The van der Waals surface area contributed by atoms with Crippen molar-refractivity contribution in [1.82, 2.24) is 9.88 Å².